The Hall–Kier alpha value is -1.97. The number of aliphatic hydroxyl groups excluding tert-OH is 1. The molecule has 0 saturated carbocycles. The predicted octanol–water partition coefficient (Wildman–Crippen LogP) is 4.21. The second kappa shape index (κ2) is 7.34. The van der Waals surface area contributed by atoms with Gasteiger partial charge in [-0.3, -0.25) is 4.98 Å². The van der Waals surface area contributed by atoms with E-state index in [1.54, 1.807) is 30.5 Å². The number of hydrogen-bond acceptors (Lipinski definition) is 2. The number of halogens is 2. The van der Waals surface area contributed by atoms with Crippen LogP contribution < -0.4 is 0 Å². The number of hydrogen-bond donors (Lipinski definition) is 1. The minimum absolute atomic E-state index is 0.269. The first-order chi connectivity index (χ1) is 10.6. The third kappa shape index (κ3) is 3.43. The summed E-state index contributed by atoms with van der Waals surface area (Å²) in [4.78, 5) is 4.36. The SMILES string of the molecule is C#CCC(c1ccc(Cl)cc1Cl)c1ncccc1C(O)C#C. The van der Waals surface area contributed by atoms with Gasteiger partial charge in [-0.1, -0.05) is 41.3 Å². The predicted molar refractivity (Wildman–Crippen MR) is 89.8 cm³/mol. The van der Waals surface area contributed by atoms with Gasteiger partial charge in [-0.05, 0) is 23.8 Å². The smallest absolute Gasteiger partial charge is 0.141 e. The summed E-state index contributed by atoms with van der Waals surface area (Å²) in [7, 11) is 0. The fourth-order valence-electron chi connectivity index (χ4n) is 2.30. The monoisotopic (exact) mass is 329 g/mol. The maximum atomic E-state index is 10.0. The van der Waals surface area contributed by atoms with Gasteiger partial charge in [-0.2, -0.15) is 0 Å². The Morgan fingerprint density at radius 1 is 1.18 bits per heavy atom. The fraction of sp³-hybridized carbons (Fsp3) is 0.167. The molecule has 22 heavy (non-hydrogen) atoms. The van der Waals surface area contributed by atoms with Crippen LogP contribution in [0.2, 0.25) is 10.0 Å². The van der Waals surface area contributed by atoms with Gasteiger partial charge < -0.3 is 5.11 Å². The van der Waals surface area contributed by atoms with E-state index in [4.69, 9.17) is 36.0 Å². The first-order valence-corrected chi connectivity index (χ1v) is 7.31. The second-order valence-electron chi connectivity index (χ2n) is 4.67. The Balaban J connectivity index is 2.59. The summed E-state index contributed by atoms with van der Waals surface area (Å²) < 4.78 is 0. The summed E-state index contributed by atoms with van der Waals surface area (Å²) in [5.41, 5.74) is 1.97. The van der Waals surface area contributed by atoms with Crippen LogP contribution in [0.4, 0.5) is 0 Å². The standard InChI is InChI=1S/C18H13Cl2NO/c1-3-6-14(13-9-8-12(19)11-16(13)20)18-15(17(22)4-2)7-5-10-21-18/h1-2,5,7-11,14,17,22H,6H2. The molecule has 0 bridgehead atoms. The van der Waals surface area contributed by atoms with Gasteiger partial charge in [0.15, 0.2) is 0 Å². The van der Waals surface area contributed by atoms with Crippen molar-refractivity contribution in [1.29, 1.82) is 0 Å². The van der Waals surface area contributed by atoms with Crippen molar-refractivity contribution in [2.75, 3.05) is 0 Å². The van der Waals surface area contributed by atoms with Gasteiger partial charge in [0.2, 0.25) is 0 Å². The summed E-state index contributed by atoms with van der Waals surface area (Å²) in [6.07, 6.45) is 11.8. The van der Waals surface area contributed by atoms with E-state index in [0.717, 1.165) is 5.56 Å². The molecule has 0 aliphatic heterocycles. The molecule has 1 heterocycles. The number of aliphatic hydroxyl groups is 1. The summed E-state index contributed by atoms with van der Waals surface area (Å²) in [5, 5.41) is 11.0. The van der Waals surface area contributed by atoms with Crippen molar-refractivity contribution in [2.24, 2.45) is 0 Å². The number of aromatic nitrogens is 1. The van der Waals surface area contributed by atoms with Gasteiger partial charge in [0.05, 0.1) is 5.69 Å². The highest BCUT2D eigenvalue weighted by Gasteiger charge is 2.23. The highest BCUT2D eigenvalue weighted by atomic mass is 35.5. The van der Waals surface area contributed by atoms with E-state index in [0.29, 0.717) is 27.7 Å². The Kier molecular flexibility index (Phi) is 5.47. The third-order valence-corrected chi connectivity index (χ3v) is 3.88. The van der Waals surface area contributed by atoms with E-state index in [1.165, 1.54) is 0 Å². The van der Waals surface area contributed by atoms with Crippen LogP contribution in [0, 0.1) is 24.7 Å². The van der Waals surface area contributed by atoms with Crippen LogP contribution in [0.1, 0.15) is 35.3 Å². The van der Waals surface area contributed by atoms with Gasteiger partial charge in [0.25, 0.3) is 0 Å². The van der Waals surface area contributed by atoms with Gasteiger partial charge in [0, 0.05) is 34.1 Å². The van der Waals surface area contributed by atoms with Gasteiger partial charge in [-0.15, -0.1) is 18.8 Å². The van der Waals surface area contributed by atoms with Crippen LogP contribution >= 0.6 is 23.2 Å². The molecule has 0 amide bonds. The molecule has 0 saturated heterocycles. The van der Waals surface area contributed by atoms with E-state index in [1.807, 2.05) is 6.07 Å². The Labute approximate surface area is 140 Å². The third-order valence-electron chi connectivity index (χ3n) is 3.31. The quantitative estimate of drug-likeness (QED) is 0.852. The molecule has 1 N–H and O–H groups in total. The second-order valence-corrected chi connectivity index (χ2v) is 5.52. The first kappa shape index (κ1) is 16.4. The molecule has 0 radical (unpaired) electrons. The number of terminal acetylenes is 2. The van der Waals surface area contributed by atoms with Crippen molar-refractivity contribution in [3.63, 3.8) is 0 Å². The average molecular weight is 330 g/mol. The van der Waals surface area contributed by atoms with Crippen molar-refractivity contribution in [3.8, 4) is 24.7 Å². The number of benzene rings is 1. The van der Waals surface area contributed by atoms with Gasteiger partial charge in [-0.25, -0.2) is 0 Å². The van der Waals surface area contributed by atoms with Crippen molar-refractivity contribution >= 4 is 23.2 Å². The Morgan fingerprint density at radius 3 is 2.59 bits per heavy atom. The molecule has 110 valence electrons. The molecule has 2 nitrogen and oxygen atoms in total. The highest BCUT2D eigenvalue weighted by Crippen LogP contribution is 2.36. The van der Waals surface area contributed by atoms with Crippen molar-refractivity contribution in [2.45, 2.75) is 18.4 Å². The molecule has 0 aliphatic carbocycles. The summed E-state index contributed by atoms with van der Waals surface area (Å²) in [5.74, 6) is 4.66. The molecule has 4 heteroatoms. The molecule has 0 aliphatic rings. The summed E-state index contributed by atoms with van der Waals surface area (Å²) in [6.45, 7) is 0. The highest BCUT2D eigenvalue weighted by molar-refractivity contribution is 6.35. The van der Waals surface area contributed by atoms with Gasteiger partial charge in [0.1, 0.15) is 6.10 Å². The molecule has 2 unspecified atom stereocenters. The van der Waals surface area contributed by atoms with E-state index >= 15 is 0 Å². The molecular weight excluding hydrogens is 317 g/mol. The van der Waals surface area contributed by atoms with Crippen molar-refractivity contribution in [3.05, 3.63) is 63.4 Å². The zero-order valence-electron chi connectivity index (χ0n) is 11.6. The number of rotatable bonds is 4. The van der Waals surface area contributed by atoms with Crippen LogP contribution in [0.5, 0.6) is 0 Å². The Bertz CT molecular complexity index is 758. The van der Waals surface area contributed by atoms with Gasteiger partial charge >= 0.3 is 0 Å². The zero-order valence-corrected chi connectivity index (χ0v) is 13.1. The lowest BCUT2D eigenvalue weighted by Crippen LogP contribution is -2.10. The van der Waals surface area contributed by atoms with Crippen LogP contribution in [0.3, 0.4) is 0 Å². The van der Waals surface area contributed by atoms with E-state index in [-0.39, 0.29) is 5.92 Å². The maximum Gasteiger partial charge on any atom is 0.141 e. The van der Waals surface area contributed by atoms with Crippen LogP contribution in [0.15, 0.2) is 36.5 Å². The van der Waals surface area contributed by atoms with Crippen LogP contribution in [-0.4, -0.2) is 10.1 Å². The average Bonchev–Trinajstić information content (AvgIpc) is 2.52. The van der Waals surface area contributed by atoms with E-state index < -0.39 is 6.10 Å². The first-order valence-electron chi connectivity index (χ1n) is 6.56. The molecule has 1 aromatic carbocycles. The van der Waals surface area contributed by atoms with Crippen molar-refractivity contribution < 1.29 is 5.11 Å². The fourth-order valence-corrected chi connectivity index (χ4v) is 2.84. The minimum atomic E-state index is -1.05. The zero-order chi connectivity index (χ0) is 16.1. The lowest BCUT2D eigenvalue weighted by molar-refractivity contribution is 0.236. The molecule has 2 aromatic rings. The lowest BCUT2D eigenvalue weighted by Gasteiger charge is -2.20. The normalized spacial score (nSPS) is 13.0. The number of nitrogens with zero attached hydrogens (tertiary/aromatic N) is 1. The topological polar surface area (TPSA) is 33.1 Å². The van der Waals surface area contributed by atoms with Crippen LogP contribution in [-0.2, 0) is 0 Å². The summed E-state index contributed by atoms with van der Waals surface area (Å²) >= 11 is 12.2. The number of pyridine rings is 1. The molecule has 2 atom stereocenters. The molecule has 0 spiro atoms. The maximum absolute atomic E-state index is 10.0. The van der Waals surface area contributed by atoms with Crippen molar-refractivity contribution in [1.82, 2.24) is 4.98 Å². The molecule has 2 rings (SSSR count). The van der Waals surface area contributed by atoms with Crippen LogP contribution in [0.25, 0.3) is 0 Å². The molecule has 0 fully saturated rings. The Morgan fingerprint density at radius 2 is 1.95 bits per heavy atom. The largest absolute Gasteiger partial charge is 0.376 e. The van der Waals surface area contributed by atoms with E-state index in [2.05, 4.69) is 16.8 Å². The summed E-state index contributed by atoms with van der Waals surface area (Å²) in [6, 6.07) is 8.66. The lowest BCUT2D eigenvalue weighted by atomic mass is 9.88. The molecular formula is C18H13Cl2NO. The molecule has 1 aromatic heterocycles. The van der Waals surface area contributed by atoms with E-state index in [9.17, 15) is 5.11 Å². The minimum Gasteiger partial charge on any atom is -0.376 e.